The third-order valence-electron chi connectivity index (χ3n) is 3.59. The second kappa shape index (κ2) is 27.8. The summed E-state index contributed by atoms with van der Waals surface area (Å²) in [7, 11) is 0. The second-order valence-electron chi connectivity index (χ2n) is 6.03. The van der Waals surface area contributed by atoms with Gasteiger partial charge in [0.25, 0.3) is 0 Å². The quantitative estimate of drug-likeness (QED) is 0.112. The molecule has 0 N–H and O–H groups in total. The van der Waals surface area contributed by atoms with Gasteiger partial charge in [-0.2, -0.15) is 0 Å². The van der Waals surface area contributed by atoms with Gasteiger partial charge >= 0.3 is 0 Å². The molecule has 0 aromatic heterocycles. The van der Waals surface area contributed by atoms with Gasteiger partial charge in [0.1, 0.15) is 6.61 Å². The largest absolute Gasteiger partial charge is 0.379 e. The Bertz CT molecular complexity index is 339. The molecule has 0 aliphatic rings. The van der Waals surface area contributed by atoms with Gasteiger partial charge in [-0.05, 0) is 12.8 Å². The highest BCUT2D eigenvalue weighted by Crippen LogP contribution is 2.01. The molecule has 0 amide bonds. The minimum atomic E-state index is 0.321. The fourth-order valence-electron chi connectivity index (χ4n) is 2.10. The molecule has 0 saturated heterocycles. The lowest BCUT2D eigenvalue weighted by Crippen LogP contribution is -2.14. The van der Waals surface area contributed by atoms with E-state index in [0.29, 0.717) is 85.9 Å². The van der Waals surface area contributed by atoms with Gasteiger partial charge in [-0.1, -0.05) is 34.7 Å². The molecule has 0 heterocycles. The van der Waals surface area contributed by atoms with Crippen molar-refractivity contribution in [3.05, 3.63) is 0 Å². The van der Waals surface area contributed by atoms with Crippen molar-refractivity contribution in [1.82, 2.24) is 0 Å². The summed E-state index contributed by atoms with van der Waals surface area (Å²) in [5.74, 6) is 2.40. The van der Waals surface area contributed by atoms with Crippen LogP contribution in [-0.4, -0.2) is 97.8 Å². The lowest BCUT2D eigenvalue weighted by molar-refractivity contribution is -0.0197. The average Bonchev–Trinajstić information content (AvgIpc) is 2.74. The van der Waals surface area contributed by atoms with E-state index in [1.807, 2.05) is 0 Å². The lowest BCUT2D eigenvalue weighted by atomic mass is 10.2. The monoisotopic (exact) mass is 482 g/mol. The number of unbranched alkanes of at least 4 members (excludes halogenated alkanes) is 3. The highest BCUT2D eigenvalue weighted by atomic mass is 79.9. The van der Waals surface area contributed by atoms with Gasteiger partial charge in [0.15, 0.2) is 0 Å². The van der Waals surface area contributed by atoms with Gasteiger partial charge in [-0.3, -0.25) is 0 Å². The van der Waals surface area contributed by atoms with Crippen LogP contribution in [0.2, 0.25) is 0 Å². The van der Waals surface area contributed by atoms with Gasteiger partial charge in [0.2, 0.25) is 0 Å². The predicted molar refractivity (Wildman–Crippen MR) is 117 cm³/mol. The molecule has 0 radical (unpaired) electrons. The van der Waals surface area contributed by atoms with Crippen LogP contribution in [0.5, 0.6) is 0 Å². The van der Waals surface area contributed by atoms with E-state index in [1.165, 1.54) is 19.3 Å². The molecule has 8 heteroatoms. The summed E-state index contributed by atoms with van der Waals surface area (Å²) < 4.78 is 37.6. The number of alkyl halides is 1. The molecule has 29 heavy (non-hydrogen) atoms. The first-order valence-corrected chi connectivity index (χ1v) is 11.6. The van der Waals surface area contributed by atoms with Crippen LogP contribution >= 0.6 is 15.9 Å². The summed E-state index contributed by atoms with van der Waals surface area (Å²) in [6, 6.07) is 0. The van der Waals surface area contributed by atoms with Crippen molar-refractivity contribution in [3.8, 4) is 12.3 Å². The van der Waals surface area contributed by atoms with E-state index < -0.39 is 0 Å². The number of ether oxygens (including phenoxy) is 7. The Hall–Kier alpha value is -0.240. The van der Waals surface area contributed by atoms with Crippen LogP contribution in [0, 0.1) is 12.3 Å². The maximum atomic E-state index is 5.52. The lowest BCUT2D eigenvalue weighted by Gasteiger charge is -2.08. The number of terminal acetylenes is 1. The molecular weight excluding hydrogens is 444 g/mol. The maximum absolute atomic E-state index is 5.52. The first-order valence-electron chi connectivity index (χ1n) is 10.5. The molecule has 0 fully saturated rings. The van der Waals surface area contributed by atoms with Crippen LogP contribution in [0.4, 0.5) is 0 Å². The molecular formula is C21H39BrO7. The second-order valence-corrected chi connectivity index (χ2v) is 6.83. The molecule has 0 aromatic carbocycles. The third-order valence-corrected chi connectivity index (χ3v) is 4.15. The zero-order valence-electron chi connectivity index (χ0n) is 17.7. The molecule has 0 bridgehead atoms. The first kappa shape index (κ1) is 28.8. The van der Waals surface area contributed by atoms with Gasteiger partial charge in [-0.25, -0.2) is 0 Å². The molecule has 7 nitrogen and oxygen atoms in total. The predicted octanol–water partition coefficient (Wildman–Crippen LogP) is 2.69. The van der Waals surface area contributed by atoms with Gasteiger partial charge in [0, 0.05) is 11.9 Å². The van der Waals surface area contributed by atoms with Crippen molar-refractivity contribution in [2.45, 2.75) is 25.7 Å². The van der Waals surface area contributed by atoms with E-state index in [1.54, 1.807) is 0 Å². The number of hydrogen-bond acceptors (Lipinski definition) is 7. The molecule has 0 spiro atoms. The van der Waals surface area contributed by atoms with E-state index >= 15 is 0 Å². The zero-order valence-corrected chi connectivity index (χ0v) is 19.3. The van der Waals surface area contributed by atoms with Crippen LogP contribution in [0.3, 0.4) is 0 Å². The molecule has 0 rings (SSSR count). The number of rotatable bonds is 25. The van der Waals surface area contributed by atoms with Gasteiger partial charge < -0.3 is 33.2 Å². The third kappa shape index (κ3) is 27.8. The SMILES string of the molecule is C#CCOCCOCCOCCOCCOCCOCCOCCCCCCBr. The highest BCUT2D eigenvalue weighted by molar-refractivity contribution is 9.09. The van der Waals surface area contributed by atoms with Crippen molar-refractivity contribution < 1.29 is 33.2 Å². The Balaban J connectivity index is 2.98. The molecule has 0 saturated carbocycles. The van der Waals surface area contributed by atoms with Crippen molar-refractivity contribution in [3.63, 3.8) is 0 Å². The molecule has 172 valence electrons. The summed E-state index contributed by atoms with van der Waals surface area (Å²) in [6.45, 7) is 7.80. The van der Waals surface area contributed by atoms with Crippen molar-refractivity contribution >= 4 is 15.9 Å². The molecule has 0 atom stereocenters. The van der Waals surface area contributed by atoms with E-state index in [9.17, 15) is 0 Å². The summed E-state index contributed by atoms with van der Waals surface area (Å²) >= 11 is 3.43. The Morgan fingerprint density at radius 2 is 0.793 bits per heavy atom. The molecule has 0 aliphatic carbocycles. The van der Waals surface area contributed by atoms with Crippen LogP contribution in [0.25, 0.3) is 0 Å². The highest BCUT2D eigenvalue weighted by Gasteiger charge is 1.95. The summed E-state index contributed by atoms with van der Waals surface area (Å²) in [6.07, 6.45) is 9.92. The zero-order chi connectivity index (χ0) is 21.1. The van der Waals surface area contributed by atoms with Crippen LogP contribution in [-0.2, 0) is 33.2 Å². The summed E-state index contributed by atoms with van der Waals surface area (Å²) in [4.78, 5) is 0. The van der Waals surface area contributed by atoms with E-state index in [2.05, 4.69) is 21.9 Å². The van der Waals surface area contributed by atoms with Crippen LogP contribution < -0.4 is 0 Å². The minimum absolute atomic E-state index is 0.321. The van der Waals surface area contributed by atoms with Crippen LogP contribution in [0.15, 0.2) is 0 Å². The average molecular weight is 483 g/mol. The minimum Gasteiger partial charge on any atom is -0.379 e. The van der Waals surface area contributed by atoms with Crippen molar-refractivity contribution in [2.75, 3.05) is 97.8 Å². The van der Waals surface area contributed by atoms with Gasteiger partial charge in [-0.15, -0.1) is 6.42 Å². The van der Waals surface area contributed by atoms with E-state index in [-0.39, 0.29) is 0 Å². The molecule has 0 unspecified atom stereocenters. The maximum Gasteiger partial charge on any atom is 0.107 e. The number of hydrogen-bond donors (Lipinski definition) is 0. The normalized spacial score (nSPS) is 11.0. The van der Waals surface area contributed by atoms with Crippen molar-refractivity contribution in [1.29, 1.82) is 0 Å². The van der Waals surface area contributed by atoms with E-state index in [4.69, 9.17) is 39.6 Å². The Morgan fingerprint density at radius 1 is 0.448 bits per heavy atom. The topological polar surface area (TPSA) is 64.6 Å². The molecule has 0 aliphatic heterocycles. The fourth-order valence-corrected chi connectivity index (χ4v) is 2.50. The smallest absolute Gasteiger partial charge is 0.107 e. The summed E-state index contributed by atoms with van der Waals surface area (Å²) in [5, 5.41) is 1.09. The Kier molecular flexibility index (Phi) is 27.5. The van der Waals surface area contributed by atoms with E-state index in [0.717, 1.165) is 18.4 Å². The number of halogens is 1. The van der Waals surface area contributed by atoms with Crippen LogP contribution in [0.1, 0.15) is 25.7 Å². The summed E-state index contributed by atoms with van der Waals surface area (Å²) in [5.41, 5.74) is 0. The van der Waals surface area contributed by atoms with Gasteiger partial charge in [0.05, 0.1) is 79.3 Å². The fraction of sp³-hybridized carbons (Fsp3) is 0.905. The Morgan fingerprint density at radius 3 is 1.17 bits per heavy atom. The molecule has 0 aromatic rings. The first-order chi connectivity index (χ1) is 14.4. The standard InChI is InChI=1S/C21H39BrO7/c1-2-8-23-10-12-25-14-16-27-18-20-29-21-19-28-17-15-26-13-11-24-9-6-4-3-5-7-22/h1H,3-21H2. The Labute approximate surface area is 185 Å². The van der Waals surface area contributed by atoms with Crippen molar-refractivity contribution in [2.24, 2.45) is 0 Å².